The van der Waals surface area contributed by atoms with Crippen LogP contribution in [0.3, 0.4) is 0 Å². The first-order chi connectivity index (χ1) is 10.1. The lowest BCUT2D eigenvalue weighted by atomic mass is 10.2. The molecule has 110 valence electrons. The highest BCUT2D eigenvalue weighted by molar-refractivity contribution is 5.85. The Balaban J connectivity index is 2.07. The molecule has 0 fully saturated rings. The van der Waals surface area contributed by atoms with Gasteiger partial charge in [0.25, 0.3) is 5.89 Å². The van der Waals surface area contributed by atoms with Crippen LogP contribution in [0.25, 0.3) is 6.08 Å². The minimum Gasteiger partial charge on any atom is -0.484 e. The third-order valence-corrected chi connectivity index (χ3v) is 2.50. The zero-order valence-corrected chi connectivity index (χ0v) is 11.2. The molecule has 0 aliphatic carbocycles. The molecular weight excluding hydrogens is 279 g/mol. The van der Waals surface area contributed by atoms with E-state index in [1.54, 1.807) is 0 Å². The standard InChI is InChI=1S/C14H13FN2O4/c1-2-12-16-13(21-17-12)8-20-11-6-9(3-4-14(18)19)5-10(15)7-11/h3-7H,2,8H2,1H3,(H,18,19)/b4-3+. The Hall–Kier alpha value is -2.70. The molecule has 21 heavy (non-hydrogen) atoms. The minimum atomic E-state index is -1.11. The molecule has 0 aliphatic rings. The van der Waals surface area contributed by atoms with Crippen molar-refractivity contribution >= 4 is 12.0 Å². The van der Waals surface area contributed by atoms with Gasteiger partial charge in [-0.1, -0.05) is 12.1 Å². The second-order valence-corrected chi connectivity index (χ2v) is 4.14. The SMILES string of the molecule is CCc1noc(COc2cc(F)cc(/C=C/C(=O)O)c2)n1. The number of benzene rings is 1. The second-order valence-electron chi connectivity index (χ2n) is 4.14. The van der Waals surface area contributed by atoms with Gasteiger partial charge >= 0.3 is 5.97 Å². The zero-order valence-electron chi connectivity index (χ0n) is 11.2. The number of hydrogen-bond donors (Lipinski definition) is 1. The number of halogens is 1. The molecule has 0 bridgehead atoms. The summed E-state index contributed by atoms with van der Waals surface area (Å²) in [5.41, 5.74) is 0.382. The molecule has 0 unspecified atom stereocenters. The number of carboxylic acid groups (broad SMARTS) is 1. The van der Waals surface area contributed by atoms with Gasteiger partial charge in [-0.2, -0.15) is 4.98 Å². The molecule has 7 heteroatoms. The van der Waals surface area contributed by atoms with Gasteiger partial charge in [0.1, 0.15) is 11.6 Å². The van der Waals surface area contributed by atoms with E-state index in [0.717, 1.165) is 6.08 Å². The second kappa shape index (κ2) is 6.65. The van der Waals surface area contributed by atoms with Crippen molar-refractivity contribution in [2.75, 3.05) is 0 Å². The molecule has 0 aliphatic heterocycles. The number of carboxylic acids is 1. The van der Waals surface area contributed by atoms with Gasteiger partial charge in [-0.15, -0.1) is 0 Å². The van der Waals surface area contributed by atoms with Crippen molar-refractivity contribution in [3.63, 3.8) is 0 Å². The summed E-state index contributed by atoms with van der Waals surface area (Å²) in [6, 6.07) is 3.91. The first-order valence-electron chi connectivity index (χ1n) is 6.22. The fourth-order valence-electron chi connectivity index (χ4n) is 1.57. The first kappa shape index (κ1) is 14.7. The molecule has 1 heterocycles. The lowest BCUT2D eigenvalue weighted by molar-refractivity contribution is -0.131. The maximum absolute atomic E-state index is 13.4. The molecule has 1 aromatic carbocycles. The van der Waals surface area contributed by atoms with Crippen molar-refractivity contribution in [1.29, 1.82) is 0 Å². The van der Waals surface area contributed by atoms with E-state index >= 15 is 0 Å². The summed E-state index contributed by atoms with van der Waals surface area (Å²) in [4.78, 5) is 14.5. The van der Waals surface area contributed by atoms with E-state index in [9.17, 15) is 9.18 Å². The Morgan fingerprint density at radius 3 is 2.95 bits per heavy atom. The third-order valence-electron chi connectivity index (χ3n) is 2.50. The Kier molecular flexibility index (Phi) is 4.65. The summed E-state index contributed by atoms with van der Waals surface area (Å²) in [6.45, 7) is 1.90. The molecule has 1 N–H and O–H groups in total. The summed E-state index contributed by atoms with van der Waals surface area (Å²) >= 11 is 0. The van der Waals surface area contributed by atoms with Gasteiger partial charge in [0.15, 0.2) is 12.4 Å². The van der Waals surface area contributed by atoms with Crippen molar-refractivity contribution in [2.24, 2.45) is 0 Å². The monoisotopic (exact) mass is 292 g/mol. The summed E-state index contributed by atoms with van der Waals surface area (Å²) in [7, 11) is 0. The van der Waals surface area contributed by atoms with Crippen LogP contribution >= 0.6 is 0 Å². The normalized spacial score (nSPS) is 11.0. The lowest BCUT2D eigenvalue weighted by Crippen LogP contribution is -1.97. The maximum atomic E-state index is 13.4. The Morgan fingerprint density at radius 1 is 1.48 bits per heavy atom. The summed E-state index contributed by atoms with van der Waals surface area (Å²) in [6.07, 6.45) is 2.85. The molecule has 2 rings (SSSR count). The fourth-order valence-corrected chi connectivity index (χ4v) is 1.57. The molecule has 0 atom stereocenters. The van der Waals surface area contributed by atoms with E-state index in [0.29, 0.717) is 23.7 Å². The predicted molar refractivity (Wildman–Crippen MR) is 71.1 cm³/mol. The van der Waals surface area contributed by atoms with Crippen molar-refractivity contribution < 1.29 is 23.6 Å². The topological polar surface area (TPSA) is 85.5 Å². The van der Waals surface area contributed by atoms with E-state index in [-0.39, 0.29) is 12.4 Å². The van der Waals surface area contributed by atoms with E-state index in [4.69, 9.17) is 14.4 Å². The lowest BCUT2D eigenvalue weighted by Gasteiger charge is -2.04. The molecule has 1 aromatic heterocycles. The zero-order chi connectivity index (χ0) is 15.2. The third kappa shape index (κ3) is 4.41. The molecule has 6 nitrogen and oxygen atoms in total. The maximum Gasteiger partial charge on any atom is 0.328 e. The number of ether oxygens (including phenoxy) is 1. The minimum absolute atomic E-state index is 0.0124. The molecule has 0 amide bonds. The molecule has 0 radical (unpaired) electrons. The fraction of sp³-hybridized carbons (Fsp3) is 0.214. The van der Waals surface area contributed by atoms with Crippen LogP contribution in [0, 0.1) is 5.82 Å². The highest BCUT2D eigenvalue weighted by Gasteiger charge is 2.06. The number of carbonyl (C=O) groups is 1. The van der Waals surface area contributed by atoms with E-state index in [2.05, 4.69) is 10.1 Å². The molecular formula is C14H13FN2O4. The number of hydrogen-bond acceptors (Lipinski definition) is 5. The van der Waals surface area contributed by atoms with Gasteiger partial charge in [0.2, 0.25) is 0 Å². The molecule has 0 spiro atoms. The average molecular weight is 292 g/mol. The summed E-state index contributed by atoms with van der Waals surface area (Å²) in [5, 5.41) is 12.3. The van der Waals surface area contributed by atoms with Gasteiger partial charge in [-0.3, -0.25) is 0 Å². The largest absolute Gasteiger partial charge is 0.484 e. The average Bonchev–Trinajstić information content (AvgIpc) is 2.90. The van der Waals surface area contributed by atoms with Crippen LogP contribution in [0.15, 0.2) is 28.8 Å². The Morgan fingerprint density at radius 2 is 2.29 bits per heavy atom. The summed E-state index contributed by atoms with van der Waals surface area (Å²) < 4.78 is 23.7. The van der Waals surface area contributed by atoms with Crippen molar-refractivity contribution in [1.82, 2.24) is 10.1 Å². The molecule has 2 aromatic rings. The number of nitrogens with zero attached hydrogens (tertiary/aromatic N) is 2. The highest BCUT2D eigenvalue weighted by atomic mass is 19.1. The quantitative estimate of drug-likeness (QED) is 0.823. The van der Waals surface area contributed by atoms with Gasteiger partial charge in [0, 0.05) is 18.6 Å². The Bertz CT molecular complexity index is 667. The van der Waals surface area contributed by atoms with Crippen molar-refractivity contribution in [2.45, 2.75) is 20.0 Å². The van der Waals surface area contributed by atoms with Crippen LogP contribution in [-0.2, 0) is 17.8 Å². The number of rotatable bonds is 6. The van der Waals surface area contributed by atoms with Crippen LogP contribution in [0.5, 0.6) is 5.75 Å². The van der Waals surface area contributed by atoms with Gasteiger partial charge in [-0.05, 0) is 23.8 Å². The van der Waals surface area contributed by atoms with E-state index < -0.39 is 11.8 Å². The number of aryl methyl sites for hydroxylation is 1. The molecule has 0 saturated heterocycles. The van der Waals surface area contributed by atoms with Gasteiger partial charge < -0.3 is 14.4 Å². The van der Waals surface area contributed by atoms with Crippen LogP contribution in [-0.4, -0.2) is 21.2 Å². The van der Waals surface area contributed by atoms with E-state index in [1.165, 1.54) is 24.3 Å². The van der Waals surface area contributed by atoms with Gasteiger partial charge in [0.05, 0.1) is 0 Å². The first-order valence-corrected chi connectivity index (χ1v) is 6.22. The number of aliphatic carboxylic acids is 1. The van der Waals surface area contributed by atoms with E-state index in [1.807, 2.05) is 6.92 Å². The predicted octanol–water partition coefficient (Wildman–Crippen LogP) is 2.45. The van der Waals surface area contributed by atoms with Crippen LogP contribution in [0.2, 0.25) is 0 Å². The van der Waals surface area contributed by atoms with Crippen LogP contribution in [0.4, 0.5) is 4.39 Å². The number of aromatic nitrogens is 2. The summed E-state index contributed by atoms with van der Waals surface area (Å²) in [5.74, 6) is -0.537. The van der Waals surface area contributed by atoms with Crippen molar-refractivity contribution in [3.8, 4) is 5.75 Å². The smallest absolute Gasteiger partial charge is 0.328 e. The van der Waals surface area contributed by atoms with Crippen LogP contribution < -0.4 is 4.74 Å². The molecule has 0 saturated carbocycles. The highest BCUT2D eigenvalue weighted by Crippen LogP contribution is 2.18. The van der Waals surface area contributed by atoms with Gasteiger partial charge in [-0.25, -0.2) is 9.18 Å². The van der Waals surface area contributed by atoms with Crippen molar-refractivity contribution in [3.05, 3.63) is 47.4 Å². The van der Waals surface area contributed by atoms with Crippen LogP contribution in [0.1, 0.15) is 24.2 Å². The Labute approximate surface area is 119 Å².